The van der Waals surface area contributed by atoms with E-state index in [9.17, 15) is 4.79 Å². The first-order valence-electron chi connectivity index (χ1n) is 7.19. The Balaban J connectivity index is 1.97. The largest absolute Gasteiger partial charge is 0.481 e. The molecule has 0 aliphatic carbocycles. The van der Waals surface area contributed by atoms with Gasteiger partial charge in [-0.1, -0.05) is 20.8 Å². The van der Waals surface area contributed by atoms with Crippen LogP contribution >= 0.6 is 11.3 Å². The number of rotatable bonds is 3. The van der Waals surface area contributed by atoms with Crippen LogP contribution in [0.5, 0.6) is 0 Å². The summed E-state index contributed by atoms with van der Waals surface area (Å²) in [6.45, 7) is 10.3. The van der Waals surface area contributed by atoms with E-state index >= 15 is 0 Å². The molecule has 1 aromatic heterocycles. The summed E-state index contributed by atoms with van der Waals surface area (Å²) in [4.78, 5) is 18.1. The fourth-order valence-corrected chi connectivity index (χ4v) is 3.63. The highest BCUT2D eigenvalue weighted by molar-refractivity contribution is 7.09. The molecule has 0 saturated carbocycles. The Bertz CT molecular complexity index is 478. The van der Waals surface area contributed by atoms with Gasteiger partial charge in [-0.05, 0) is 26.3 Å². The smallest absolute Gasteiger partial charge is 0.306 e. The number of carboxylic acid groups (broad SMARTS) is 1. The summed E-state index contributed by atoms with van der Waals surface area (Å²) in [5.74, 6) is -0.830. The summed E-state index contributed by atoms with van der Waals surface area (Å²) in [6.07, 6.45) is 1.49. The Morgan fingerprint density at radius 3 is 2.75 bits per heavy atom. The highest BCUT2D eigenvalue weighted by atomic mass is 32.1. The van der Waals surface area contributed by atoms with Crippen LogP contribution in [0.25, 0.3) is 0 Å². The zero-order valence-corrected chi connectivity index (χ0v) is 13.5. The molecule has 1 fully saturated rings. The molecule has 20 heavy (non-hydrogen) atoms. The van der Waals surface area contributed by atoms with Gasteiger partial charge in [-0.25, -0.2) is 4.98 Å². The Labute approximate surface area is 124 Å². The maximum absolute atomic E-state index is 11.0. The van der Waals surface area contributed by atoms with Crippen LogP contribution in [-0.2, 0) is 16.8 Å². The van der Waals surface area contributed by atoms with E-state index in [1.165, 1.54) is 0 Å². The zero-order chi connectivity index (χ0) is 14.9. The molecule has 1 N–H and O–H groups in total. The number of aliphatic carboxylic acids is 1. The van der Waals surface area contributed by atoms with Gasteiger partial charge in [0.1, 0.15) is 5.01 Å². The summed E-state index contributed by atoms with van der Waals surface area (Å²) >= 11 is 1.71. The van der Waals surface area contributed by atoms with Crippen molar-refractivity contribution in [3.63, 3.8) is 0 Å². The minimum atomic E-state index is -0.652. The van der Waals surface area contributed by atoms with E-state index in [0.717, 1.165) is 36.6 Å². The molecular weight excluding hydrogens is 272 g/mol. The predicted octanol–water partition coefficient (Wildman–Crippen LogP) is 3.13. The summed E-state index contributed by atoms with van der Waals surface area (Å²) in [7, 11) is 0. The van der Waals surface area contributed by atoms with E-state index in [4.69, 9.17) is 10.1 Å². The average Bonchev–Trinajstić information content (AvgIpc) is 2.80. The first kappa shape index (κ1) is 15.4. The quantitative estimate of drug-likeness (QED) is 0.931. The Morgan fingerprint density at radius 1 is 1.55 bits per heavy atom. The van der Waals surface area contributed by atoms with E-state index in [1.807, 2.05) is 0 Å². The molecule has 0 aromatic carbocycles. The number of thiazole rings is 1. The summed E-state index contributed by atoms with van der Waals surface area (Å²) in [6, 6.07) is 0.312. The SMILES string of the molecule is CC1CC(C(=O)O)CCN1Cc1nc(C(C)(C)C)cs1. The lowest BCUT2D eigenvalue weighted by molar-refractivity contribution is -0.144. The van der Waals surface area contributed by atoms with Gasteiger partial charge in [0.05, 0.1) is 18.2 Å². The van der Waals surface area contributed by atoms with Gasteiger partial charge >= 0.3 is 5.97 Å². The number of nitrogens with zero attached hydrogens (tertiary/aromatic N) is 2. The van der Waals surface area contributed by atoms with Gasteiger partial charge < -0.3 is 5.11 Å². The monoisotopic (exact) mass is 296 g/mol. The summed E-state index contributed by atoms with van der Waals surface area (Å²) in [5, 5.41) is 12.4. The van der Waals surface area contributed by atoms with Gasteiger partial charge in [0.15, 0.2) is 0 Å². The fourth-order valence-electron chi connectivity index (χ4n) is 2.58. The highest BCUT2D eigenvalue weighted by Gasteiger charge is 2.30. The van der Waals surface area contributed by atoms with Crippen LogP contribution in [0.2, 0.25) is 0 Å². The van der Waals surface area contributed by atoms with Crippen molar-refractivity contribution in [2.75, 3.05) is 6.54 Å². The molecule has 112 valence electrons. The molecule has 1 aliphatic heterocycles. The van der Waals surface area contributed by atoms with Crippen LogP contribution in [-0.4, -0.2) is 33.5 Å². The third-order valence-electron chi connectivity index (χ3n) is 4.02. The lowest BCUT2D eigenvalue weighted by Gasteiger charge is -2.35. The molecule has 0 amide bonds. The summed E-state index contributed by atoms with van der Waals surface area (Å²) < 4.78 is 0. The van der Waals surface area contributed by atoms with Gasteiger partial charge in [0.25, 0.3) is 0 Å². The maximum Gasteiger partial charge on any atom is 0.306 e. The van der Waals surface area contributed by atoms with E-state index in [2.05, 4.69) is 38.0 Å². The summed E-state index contributed by atoms with van der Waals surface area (Å²) in [5.41, 5.74) is 1.24. The third kappa shape index (κ3) is 3.58. The Morgan fingerprint density at radius 2 is 2.25 bits per heavy atom. The van der Waals surface area contributed by atoms with Crippen molar-refractivity contribution in [3.8, 4) is 0 Å². The van der Waals surface area contributed by atoms with Crippen molar-refractivity contribution in [3.05, 3.63) is 16.1 Å². The lowest BCUT2D eigenvalue weighted by atomic mass is 9.92. The molecule has 0 bridgehead atoms. The van der Waals surface area contributed by atoms with Crippen molar-refractivity contribution in [1.29, 1.82) is 0 Å². The van der Waals surface area contributed by atoms with E-state index < -0.39 is 5.97 Å². The fraction of sp³-hybridized carbons (Fsp3) is 0.733. The molecule has 0 radical (unpaired) electrons. The van der Waals surface area contributed by atoms with Crippen molar-refractivity contribution in [2.24, 2.45) is 5.92 Å². The van der Waals surface area contributed by atoms with Gasteiger partial charge in [-0.15, -0.1) is 11.3 Å². The predicted molar refractivity (Wildman–Crippen MR) is 81.0 cm³/mol. The van der Waals surface area contributed by atoms with E-state index in [1.54, 1.807) is 11.3 Å². The third-order valence-corrected chi connectivity index (χ3v) is 4.86. The second-order valence-electron chi connectivity index (χ2n) is 6.76. The topological polar surface area (TPSA) is 53.4 Å². The molecule has 1 saturated heterocycles. The highest BCUT2D eigenvalue weighted by Crippen LogP contribution is 2.28. The second-order valence-corrected chi connectivity index (χ2v) is 7.70. The van der Waals surface area contributed by atoms with Crippen LogP contribution in [0.4, 0.5) is 0 Å². The Hall–Kier alpha value is -0.940. The second kappa shape index (κ2) is 5.82. The maximum atomic E-state index is 11.0. The number of piperidine rings is 1. The minimum Gasteiger partial charge on any atom is -0.481 e. The van der Waals surface area contributed by atoms with Crippen molar-refractivity contribution >= 4 is 17.3 Å². The Kier molecular flexibility index (Phi) is 4.49. The molecule has 1 aromatic rings. The number of hydrogen-bond donors (Lipinski definition) is 1. The van der Waals surface area contributed by atoms with Gasteiger partial charge in [-0.2, -0.15) is 0 Å². The van der Waals surface area contributed by atoms with Gasteiger partial charge in [0, 0.05) is 16.8 Å². The van der Waals surface area contributed by atoms with Crippen LogP contribution in [0.3, 0.4) is 0 Å². The van der Waals surface area contributed by atoms with E-state index in [-0.39, 0.29) is 11.3 Å². The molecule has 4 nitrogen and oxygen atoms in total. The van der Waals surface area contributed by atoms with E-state index in [0.29, 0.717) is 6.04 Å². The standard InChI is InChI=1S/C15H24N2O2S/c1-10-7-11(14(18)19)5-6-17(10)8-13-16-12(9-20-13)15(2,3)4/h9-11H,5-8H2,1-4H3,(H,18,19). The zero-order valence-electron chi connectivity index (χ0n) is 12.7. The first-order valence-corrected chi connectivity index (χ1v) is 8.07. The van der Waals surface area contributed by atoms with Crippen molar-refractivity contribution < 1.29 is 9.90 Å². The molecule has 0 spiro atoms. The van der Waals surface area contributed by atoms with Crippen molar-refractivity contribution in [1.82, 2.24) is 9.88 Å². The molecule has 2 atom stereocenters. The first-order chi connectivity index (χ1) is 9.27. The number of carboxylic acids is 1. The van der Waals surface area contributed by atoms with Crippen LogP contribution in [0.15, 0.2) is 5.38 Å². The molecule has 1 aliphatic rings. The van der Waals surface area contributed by atoms with Crippen LogP contribution in [0, 0.1) is 5.92 Å². The normalized spacial score (nSPS) is 24.8. The number of aromatic nitrogens is 1. The molecular formula is C15H24N2O2S. The average molecular weight is 296 g/mol. The molecule has 2 rings (SSSR count). The van der Waals surface area contributed by atoms with Gasteiger partial charge in [0.2, 0.25) is 0 Å². The minimum absolute atomic E-state index is 0.0939. The van der Waals surface area contributed by atoms with Gasteiger partial charge in [-0.3, -0.25) is 9.69 Å². The molecule has 2 unspecified atom stereocenters. The van der Waals surface area contributed by atoms with Crippen molar-refractivity contribution in [2.45, 2.75) is 58.5 Å². The number of carbonyl (C=O) groups is 1. The van der Waals surface area contributed by atoms with Crippen LogP contribution in [0.1, 0.15) is 51.2 Å². The molecule has 5 heteroatoms. The lowest BCUT2D eigenvalue weighted by Crippen LogP contribution is -2.42. The molecule has 2 heterocycles. The van der Waals surface area contributed by atoms with Crippen LogP contribution < -0.4 is 0 Å². The number of likely N-dealkylation sites (tertiary alicyclic amines) is 1. The number of hydrogen-bond acceptors (Lipinski definition) is 4.